The Hall–Kier alpha value is -2.13. The van der Waals surface area contributed by atoms with Gasteiger partial charge in [-0.3, -0.25) is 4.98 Å². The lowest BCUT2D eigenvalue weighted by atomic mass is 9.73. The van der Waals surface area contributed by atoms with Gasteiger partial charge in [0.1, 0.15) is 11.7 Å². The summed E-state index contributed by atoms with van der Waals surface area (Å²) < 4.78 is 5.57. The summed E-state index contributed by atoms with van der Waals surface area (Å²) in [5.41, 5.74) is -0.504. The van der Waals surface area contributed by atoms with Crippen molar-refractivity contribution >= 4 is 6.09 Å². The minimum absolute atomic E-state index is 0.0573. The molecule has 2 aliphatic rings. The number of pyridine rings is 1. The average molecular weight is 343 g/mol. The fraction of sp³-hybridized carbons (Fsp3) is 0.632. The van der Waals surface area contributed by atoms with Crippen LogP contribution in [0.4, 0.5) is 4.79 Å². The van der Waals surface area contributed by atoms with Crippen molar-refractivity contribution < 1.29 is 14.6 Å². The average Bonchev–Trinajstić information content (AvgIpc) is 2.52. The van der Waals surface area contributed by atoms with E-state index in [1.807, 2.05) is 25.7 Å². The zero-order chi connectivity index (χ0) is 18.2. The van der Waals surface area contributed by atoms with Gasteiger partial charge >= 0.3 is 6.09 Å². The number of rotatable bonds is 1. The standard InChI is InChI=1S/C19H25N3O3/c1-18(2,3)25-17(23)22-15-5-4-6-16(22)9-19(24,8-15)14-7-13(10-20)11-21-12-14/h7,11-12,15-16,24H,4-6,8-9H2,1-3H3. The van der Waals surface area contributed by atoms with E-state index in [1.165, 1.54) is 6.20 Å². The van der Waals surface area contributed by atoms with Crippen LogP contribution in [0.25, 0.3) is 0 Å². The minimum Gasteiger partial charge on any atom is -0.444 e. The molecule has 25 heavy (non-hydrogen) atoms. The number of hydrogen-bond donors (Lipinski definition) is 1. The van der Waals surface area contributed by atoms with Gasteiger partial charge in [-0.25, -0.2) is 4.79 Å². The van der Waals surface area contributed by atoms with Crippen LogP contribution in [0, 0.1) is 11.3 Å². The van der Waals surface area contributed by atoms with Gasteiger partial charge in [0.15, 0.2) is 0 Å². The van der Waals surface area contributed by atoms with Crippen molar-refractivity contribution in [1.82, 2.24) is 9.88 Å². The second-order valence-corrected chi connectivity index (χ2v) is 8.14. The Morgan fingerprint density at radius 3 is 2.56 bits per heavy atom. The quantitative estimate of drug-likeness (QED) is 0.847. The molecule has 0 aliphatic carbocycles. The molecule has 1 aromatic heterocycles. The number of nitriles is 1. The van der Waals surface area contributed by atoms with Crippen LogP contribution < -0.4 is 0 Å². The molecule has 2 bridgehead atoms. The monoisotopic (exact) mass is 343 g/mol. The van der Waals surface area contributed by atoms with Crippen molar-refractivity contribution in [3.63, 3.8) is 0 Å². The Morgan fingerprint density at radius 1 is 1.36 bits per heavy atom. The maximum atomic E-state index is 12.6. The molecule has 2 fully saturated rings. The Labute approximate surface area is 148 Å². The number of amides is 1. The van der Waals surface area contributed by atoms with Gasteiger partial charge in [-0.15, -0.1) is 0 Å². The highest BCUT2D eigenvalue weighted by molar-refractivity contribution is 5.69. The third kappa shape index (κ3) is 3.62. The molecule has 3 heterocycles. The second-order valence-electron chi connectivity index (χ2n) is 8.14. The first-order valence-corrected chi connectivity index (χ1v) is 8.81. The summed E-state index contributed by atoms with van der Waals surface area (Å²) in [6, 6.07) is 3.65. The Kier molecular flexibility index (Phi) is 4.46. The molecule has 1 aromatic rings. The molecule has 1 amide bonds. The van der Waals surface area contributed by atoms with E-state index in [4.69, 9.17) is 10.00 Å². The molecular weight excluding hydrogens is 318 g/mol. The molecule has 1 N–H and O–H groups in total. The zero-order valence-corrected chi connectivity index (χ0v) is 15.0. The van der Waals surface area contributed by atoms with Gasteiger partial charge in [-0.05, 0) is 46.1 Å². The lowest BCUT2D eigenvalue weighted by Gasteiger charge is -2.51. The molecule has 6 nitrogen and oxygen atoms in total. The fourth-order valence-electron chi connectivity index (χ4n) is 4.03. The number of hydrogen-bond acceptors (Lipinski definition) is 5. The van der Waals surface area contributed by atoms with Crippen LogP contribution in [-0.4, -0.2) is 38.8 Å². The van der Waals surface area contributed by atoms with Gasteiger partial charge in [-0.2, -0.15) is 5.26 Å². The number of piperidine rings is 2. The Morgan fingerprint density at radius 2 is 2.00 bits per heavy atom. The van der Waals surface area contributed by atoms with E-state index in [0.717, 1.165) is 19.3 Å². The van der Waals surface area contributed by atoms with Crippen molar-refractivity contribution in [1.29, 1.82) is 5.26 Å². The summed E-state index contributed by atoms with van der Waals surface area (Å²) >= 11 is 0. The molecule has 2 aliphatic heterocycles. The van der Waals surface area contributed by atoms with Crippen LogP contribution in [-0.2, 0) is 10.3 Å². The summed E-state index contributed by atoms with van der Waals surface area (Å²) in [4.78, 5) is 18.6. The molecule has 0 spiro atoms. The smallest absolute Gasteiger partial charge is 0.410 e. The molecule has 0 aromatic carbocycles. The van der Waals surface area contributed by atoms with E-state index < -0.39 is 11.2 Å². The SMILES string of the molecule is CC(C)(C)OC(=O)N1C2CCCC1CC(O)(c1cncc(C#N)c1)C2. The normalized spacial score (nSPS) is 29.0. The van der Waals surface area contributed by atoms with Crippen LogP contribution in [0.3, 0.4) is 0 Å². The van der Waals surface area contributed by atoms with Crippen molar-refractivity contribution in [2.45, 2.75) is 76.2 Å². The first kappa shape index (κ1) is 17.7. The molecule has 3 rings (SSSR count). The van der Waals surface area contributed by atoms with Crippen molar-refractivity contribution in [3.05, 3.63) is 29.6 Å². The van der Waals surface area contributed by atoms with Crippen LogP contribution in [0.5, 0.6) is 0 Å². The first-order valence-electron chi connectivity index (χ1n) is 8.81. The molecule has 2 atom stereocenters. The number of aromatic nitrogens is 1. The summed E-state index contributed by atoms with van der Waals surface area (Å²) in [6.45, 7) is 5.58. The summed E-state index contributed by atoms with van der Waals surface area (Å²) in [7, 11) is 0. The number of nitrogens with zero attached hydrogens (tertiary/aromatic N) is 3. The lowest BCUT2D eigenvalue weighted by molar-refractivity contribution is -0.0966. The van der Waals surface area contributed by atoms with E-state index in [0.29, 0.717) is 24.0 Å². The Bertz CT molecular complexity index is 691. The molecule has 0 saturated carbocycles. The maximum absolute atomic E-state index is 12.6. The lowest BCUT2D eigenvalue weighted by Crippen LogP contribution is -2.59. The Balaban J connectivity index is 1.85. The summed E-state index contributed by atoms with van der Waals surface area (Å²) in [5.74, 6) is 0. The van der Waals surface area contributed by atoms with Gasteiger partial charge in [-0.1, -0.05) is 0 Å². The molecule has 2 unspecified atom stereocenters. The number of carbonyl (C=O) groups is 1. The zero-order valence-electron chi connectivity index (χ0n) is 15.0. The van der Waals surface area contributed by atoms with E-state index in [9.17, 15) is 9.90 Å². The van der Waals surface area contributed by atoms with Gasteiger partial charge < -0.3 is 14.7 Å². The van der Waals surface area contributed by atoms with Crippen LogP contribution >= 0.6 is 0 Å². The molecule has 0 radical (unpaired) electrons. The molecular formula is C19H25N3O3. The van der Waals surface area contributed by atoms with Crippen molar-refractivity contribution in [3.8, 4) is 6.07 Å². The fourth-order valence-corrected chi connectivity index (χ4v) is 4.03. The van der Waals surface area contributed by atoms with E-state index >= 15 is 0 Å². The highest BCUT2D eigenvalue weighted by Gasteiger charge is 2.49. The van der Waals surface area contributed by atoms with Crippen molar-refractivity contribution in [2.24, 2.45) is 0 Å². The first-order chi connectivity index (χ1) is 11.7. The van der Waals surface area contributed by atoms with E-state index in [-0.39, 0.29) is 18.2 Å². The number of fused-ring (bicyclic) bond motifs is 2. The molecule has 6 heteroatoms. The van der Waals surface area contributed by atoms with Crippen molar-refractivity contribution in [2.75, 3.05) is 0 Å². The van der Waals surface area contributed by atoms with E-state index in [1.54, 1.807) is 12.3 Å². The van der Waals surface area contributed by atoms with Crippen LogP contribution in [0.1, 0.15) is 64.0 Å². The minimum atomic E-state index is -1.06. The van der Waals surface area contributed by atoms with Crippen LogP contribution in [0.15, 0.2) is 18.5 Å². The van der Waals surface area contributed by atoms with Gasteiger partial charge in [0.2, 0.25) is 0 Å². The third-order valence-electron chi connectivity index (χ3n) is 5.02. The van der Waals surface area contributed by atoms with Crippen LogP contribution in [0.2, 0.25) is 0 Å². The number of ether oxygens (including phenoxy) is 1. The summed E-state index contributed by atoms with van der Waals surface area (Å²) in [5, 5.41) is 20.4. The predicted octanol–water partition coefficient (Wildman–Crippen LogP) is 3.09. The van der Waals surface area contributed by atoms with Gasteiger partial charge in [0.25, 0.3) is 0 Å². The molecule has 134 valence electrons. The largest absolute Gasteiger partial charge is 0.444 e. The number of carbonyl (C=O) groups excluding carboxylic acids is 1. The highest BCUT2D eigenvalue weighted by Crippen LogP contribution is 2.44. The maximum Gasteiger partial charge on any atom is 0.410 e. The predicted molar refractivity (Wildman–Crippen MR) is 91.6 cm³/mol. The second kappa shape index (κ2) is 6.30. The highest BCUT2D eigenvalue weighted by atomic mass is 16.6. The van der Waals surface area contributed by atoms with Gasteiger partial charge in [0, 0.05) is 42.9 Å². The molecule has 2 saturated heterocycles. The third-order valence-corrected chi connectivity index (χ3v) is 5.02. The van der Waals surface area contributed by atoms with Gasteiger partial charge in [0.05, 0.1) is 11.2 Å². The number of aliphatic hydroxyl groups is 1. The summed E-state index contributed by atoms with van der Waals surface area (Å²) in [6.07, 6.45) is 6.45. The topological polar surface area (TPSA) is 86.4 Å². The van der Waals surface area contributed by atoms with E-state index in [2.05, 4.69) is 11.1 Å².